The van der Waals surface area contributed by atoms with Gasteiger partial charge in [-0.1, -0.05) is 60.7 Å². The van der Waals surface area contributed by atoms with Gasteiger partial charge in [0.1, 0.15) is 9.88 Å². The van der Waals surface area contributed by atoms with Gasteiger partial charge in [-0.25, -0.2) is 4.98 Å². The number of hydrogen-bond donors (Lipinski definition) is 1. The van der Waals surface area contributed by atoms with E-state index >= 15 is 0 Å². The Morgan fingerprint density at radius 1 is 0.900 bits per heavy atom. The number of rotatable bonds is 3. The SMILES string of the molecule is NC(=O)c1sc(-c2ccccc2)nc1-c1ccccc1. The monoisotopic (exact) mass is 280 g/mol. The normalized spacial score (nSPS) is 10.4. The summed E-state index contributed by atoms with van der Waals surface area (Å²) in [4.78, 5) is 16.7. The number of carbonyl (C=O) groups excluding carboxylic acids is 1. The number of hydrogen-bond acceptors (Lipinski definition) is 3. The van der Waals surface area contributed by atoms with Gasteiger partial charge in [0.2, 0.25) is 0 Å². The highest BCUT2D eigenvalue weighted by Crippen LogP contribution is 2.33. The van der Waals surface area contributed by atoms with Crippen LogP contribution in [-0.2, 0) is 0 Å². The zero-order valence-electron chi connectivity index (χ0n) is 10.6. The molecule has 0 aliphatic heterocycles. The molecule has 0 unspecified atom stereocenters. The summed E-state index contributed by atoms with van der Waals surface area (Å²) < 4.78 is 0. The molecule has 0 radical (unpaired) electrons. The van der Waals surface area contributed by atoms with E-state index in [0.29, 0.717) is 10.6 Å². The van der Waals surface area contributed by atoms with Gasteiger partial charge in [0.25, 0.3) is 5.91 Å². The predicted octanol–water partition coefficient (Wildman–Crippen LogP) is 3.58. The van der Waals surface area contributed by atoms with E-state index in [-0.39, 0.29) is 0 Å². The summed E-state index contributed by atoms with van der Waals surface area (Å²) in [6.07, 6.45) is 0. The van der Waals surface area contributed by atoms with E-state index in [0.717, 1.165) is 16.1 Å². The van der Waals surface area contributed by atoms with Crippen LogP contribution in [0, 0.1) is 0 Å². The molecular weight excluding hydrogens is 268 g/mol. The number of thiazole rings is 1. The molecule has 98 valence electrons. The third-order valence-corrected chi connectivity index (χ3v) is 4.04. The lowest BCUT2D eigenvalue weighted by molar-refractivity contribution is 0.100. The van der Waals surface area contributed by atoms with Crippen LogP contribution >= 0.6 is 11.3 Å². The Morgan fingerprint density at radius 2 is 1.45 bits per heavy atom. The minimum absolute atomic E-state index is 0.441. The number of primary amides is 1. The molecule has 0 saturated carbocycles. The predicted molar refractivity (Wildman–Crippen MR) is 81.5 cm³/mol. The lowest BCUT2D eigenvalue weighted by Crippen LogP contribution is -2.10. The standard InChI is InChI=1S/C16H12N2OS/c17-15(19)14-13(11-7-3-1-4-8-11)18-16(20-14)12-9-5-2-6-10-12/h1-10H,(H2,17,19). The van der Waals surface area contributed by atoms with Crippen molar-refractivity contribution in [2.45, 2.75) is 0 Å². The van der Waals surface area contributed by atoms with Gasteiger partial charge in [-0.2, -0.15) is 0 Å². The lowest BCUT2D eigenvalue weighted by atomic mass is 10.1. The van der Waals surface area contributed by atoms with Crippen LogP contribution in [0.4, 0.5) is 0 Å². The highest BCUT2D eigenvalue weighted by Gasteiger charge is 2.17. The molecule has 0 saturated heterocycles. The maximum Gasteiger partial charge on any atom is 0.261 e. The van der Waals surface area contributed by atoms with Crippen LogP contribution in [0.15, 0.2) is 60.7 Å². The molecule has 0 aliphatic rings. The molecule has 3 rings (SSSR count). The van der Waals surface area contributed by atoms with Crippen LogP contribution in [0.1, 0.15) is 9.67 Å². The van der Waals surface area contributed by atoms with Crippen LogP contribution in [0.2, 0.25) is 0 Å². The van der Waals surface area contributed by atoms with Crippen molar-refractivity contribution in [3.05, 3.63) is 65.5 Å². The minimum Gasteiger partial charge on any atom is -0.365 e. The molecular formula is C16H12N2OS. The van der Waals surface area contributed by atoms with Crippen molar-refractivity contribution in [1.29, 1.82) is 0 Å². The van der Waals surface area contributed by atoms with Gasteiger partial charge in [0.15, 0.2) is 0 Å². The Labute approximate surface area is 120 Å². The average molecular weight is 280 g/mol. The van der Waals surface area contributed by atoms with Crippen molar-refractivity contribution in [2.24, 2.45) is 5.73 Å². The Hall–Kier alpha value is -2.46. The third-order valence-electron chi connectivity index (χ3n) is 2.92. The fourth-order valence-corrected chi connectivity index (χ4v) is 2.93. The first kappa shape index (κ1) is 12.6. The van der Waals surface area contributed by atoms with Gasteiger partial charge in [0.05, 0.1) is 5.69 Å². The van der Waals surface area contributed by atoms with Crippen LogP contribution < -0.4 is 5.73 Å². The Kier molecular flexibility index (Phi) is 3.31. The van der Waals surface area contributed by atoms with Gasteiger partial charge in [-0.3, -0.25) is 4.79 Å². The number of amides is 1. The minimum atomic E-state index is -0.441. The highest BCUT2D eigenvalue weighted by molar-refractivity contribution is 7.17. The molecule has 0 spiro atoms. The number of benzene rings is 2. The number of aromatic nitrogens is 1. The van der Waals surface area contributed by atoms with Crippen molar-refractivity contribution >= 4 is 17.2 Å². The van der Waals surface area contributed by atoms with E-state index < -0.39 is 5.91 Å². The molecule has 0 fully saturated rings. The van der Waals surface area contributed by atoms with Gasteiger partial charge in [-0.15, -0.1) is 11.3 Å². The van der Waals surface area contributed by atoms with Gasteiger partial charge in [0, 0.05) is 11.1 Å². The smallest absolute Gasteiger partial charge is 0.261 e. The molecule has 1 amide bonds. The summed E-state index contributed by atoms with van der Waals surface area (Å²) in [6, 6.07) is 19.4. The molecule has 0 aliphatic carbocycles. The summed E-state index contributed by atoms with van der Waals surface area (Å²) in [5.74, 6) is -0.441. The summed E-state index contributed by atoms with van der Waals surface area (Å²) in [5, 5.41) is 0.804. The Balaban J connectivity index is 2.15. The number of nitrogens with zero attached hydrogens (tertiary/aromatic N) is 1. The second-order valence-corrected chi connectivity index (χ2v) is 5.29. The summed E-state index contributed by atoms with van der Waals surface area (Å²) in [5.41, 5.74) is 8.02. The number of nitrogens with two attached hydrogens (primary N) is 1. The van der Waals surface area contributed by atoms with E-state index in [1.54, 1.807) is 0 Å². The maximum absolute atomic E-state index is 11.6. The van der Waals surface area contributed by atoms with Crippen molar-refractivity contribution in [3.63, 3.8) is 0 Å². The summed E-state index contributed by atoms with van der Waals surface area (Å²) >= 11 is 1.33. The average Bonchev–Trinajstić information content (AvgIpc) is 2.94. The molecule has 20 heavy (non-hydrogen) atoms. The lowest BCUT2D eigenvalue weighted by Gasteiger charge is -1.98. The topological polar surface area (TPSA) is 56.0 Å². The molecule has 2 aromatic carbocycles. The zero-order chi connectivity index (χ0) is 13.9. The van der Waals surface area contributed by atoms with Crippen molar-refractivity contribution in [3.8, 4) is 21.8 Å². The largest absolute Gasteiger partial charge is 0.365 e. The Morgan fingerprint density at radius 3 is 2.00 bits per heavy atom. The summed E-state index contributed by atoms with van der Waals surface area (Å²) in [7, 11) is 0. The molecule has 0 atom stereocenters. The van der Waals surface area contributed by atoms with Crippen molar-refractivity contribution in [1.82, 2.24) is 4.98 Å². The first-order chi connectivity index (χ1) is 9.75. The Bertz CT molecular complexity index is 736. The van der Waals surface area contributed by atoms with E-state index in [9.17, 15) is 4.79 Å². The second kappa shape index (κ2) is 5.27. The van der Waals surface area contributed by atoms with Crippen LogP contribution in [0.3, 0.4) is 0 Å². The highest BCUT2D eigenvalue weighted by atomic mass is 32.1. The van der Waals surface area contributed by atoms with E-state index in [2.05, 4.69) is 4.98 Å². The fourth-order valence-electron chi connectivity index (χ4n) is 1.98. The van der Waals surface area contributed by atoms with Crippen molar-refractivity contribution < 1.29 is 4.79 Å². The molecule has 1 aromatic heterocycles. The van der Waals surface area contributed by atoms with Gasteiger partial charge in [-0.05, 0) is 0 Å². The molecule has 3 aromatic rings. The molecule has 2 N–H and O–H groups in total. The van der Waals surface area contributed by atoms with Crippen LogP contribution in [0.5, 0.6) is 0 Å². The fraction of sp³-hybridized carbons (Fsp3) is 0. The van der Waals surface area contributed by atoms with E-state index in [1.165, 1.54) is 11.3 Å². The van der Waals surface area contributed by atoms with Gasteiger partial charge < -0.3 is 5.73 Å². The second-order valence-electron chi connectivity index (χ2n) is 4.29. The van der Waals surface area contributed by atoms with E-state index in [1.807, 2.05) is 60.7 Å². The number of carbonyl (C=O) groups is 1. The van der Waals surface area contributed by atoms with Crippen LogP contribution in [-0.4, -0.2) is 10.9 Å². The first-order valence-corrected chi connectivity index (χ1v) is 6.99. The first-order valence-electron chi connectivity index (χ1n) is 6.17. The molecule has 1 heterocycles. The molecule has 4 heteroatoms. The molecule has 3 nitrogen and oxygen atoms in total. The van der Waals surface area contributed by atoms with Crippen molar-refractivity contribution in [2.75, 3.05) is 0 Å². The van der Waals surface area contributed by atoms with Gasteiger partial charge >= 0.3 is 0 Å². The molecule has 0 bridgehead atoms. The maximum atomic E-state index is 11.6. The third kappa shape index (κ3) is 2.33. The zero-order valence-corrected chi connectivity index (χ0v) is 11.4. The summed E-state index contributed by atoms with van der Waals surface area (Å²) in [6.45, 7) is 0. The van der Waals surface area contributed by atoms with E-state index in [4.69, 9.17) is 5.73 Å². The quantitative estimate of drug-likeness (QED) is 0.797. The van der Waals surface area contributed by atoms with Crippen LogP contribution in [0.25, 0.3) is 21.8 Å².